The summed E-state index contributed by atoms with van der Waals surface area (Å²) < 4.78 is 21.2. The van der Waals surface area contributed by atoms with Crippen LogP contribution in [0.1, 0.15) is 47.9 Å². The van der Waals surface area contributed by atoms with Crippen molar-refractivity contribution >= 4 is 16.9 Å². The Morgan fingerprint density at radius 3 is 2.53 bits per heavy atom. The first-order valence-electron chi connectivity index (χ1n) is 11.8. The zero-order valence-corrected chi connectivity index (χ0v) is 19.6. The highest BCUT2D eigenvalue weighted by molar-refractivity contribution is 5.94. The quantitative estimate of drug-likeness (QED) is 0.329. The van der Waals surface area contributed by atoms with Crippen molar-refractivity contribution in [2.24, 2.45) is 0 Å². The Morgan fingerprint density at radius 1 is 1.06 bits per heavy atom. The number of halogens is 1. The molecule has 1 N–H and O–H groups in total. The first-order valence-corrected chi connectivity index (χ1v) is 11.8. The van der Waals surface area contributed by atoms with E-state index in [0.29, 0.717) is 37.6 Å². The first kappa shape index (κ1) is 23.5. The molecule has 1 aromatic heterocycles. The molecule has 0 saturated heterocycles. The SMILES string of the molecule is CCC(C)c1ccc(OCCn2c(CCNC(=O)c3ccc(F)cc3)nc3ccccc32)cc1. The second-order valence-corrected chi connectivity index (χ2v) is 8.41. The Morgan fingerprint density at radius 2 is 1.79 bits per heavy atom. The van der Waals surface area contributed by atoms with E-state index in [1.54, 1.807) is 0 Å². The molecule has 0 aliphatic rings. The molecular weight excluding hydrogens is 429 g/mol. The van der Waals surface area contributed by atoms with Gasteiger partial charge in [-0.1, -0.05) is 38.1 Å². The van der Waals surface area contributed by atoms with E-state index >= 15 is 0 Å². The van der Waals surface area contributed by atoms with Crippen LogP contribution in [0.15, 0.2) is 72.8 Å². The number of benzene rings is 3. The lowest BCUT2D eigenvalue weighted by atomic mass is 9.99. The highest BCUT2D eigenvalue weighted by atomic mass is 19.1. The van der Waals surface area contributed by atoms with Crippen molar-refractivity contribution in [2.45, 2.75) is 39.2 Å². The average Bonchev–Trinajstić information content (AvgIpc) is 3.21. The second-order valence-electron chi connectivity index (χ2n) is 8.41. The number of fused-ring (bicyclic) bond motifs is 1. The molecular formula is C28H30FN3O2. The molecule has 3 aromatic carbocycles. The smallest absolute Gasteiger partial charge is 0.251 e. The molecule has 34 heavy (non-hydrogen) atoms. The van der Waals surface area contributed by atoms with Gasteiger partial charge in [-0.3, -0.25) is 4.79 Å². The third-order valence-electron chi connectivity index (χ3n) is 6.12. The van der Waals surface area contributed by atoms with Crippen molar-refractivity contribution in [3.05, 3.63) is 95.6 Å². The minimum Gasteiger partial charge on any atom is -0.492 e. The maximum Gasteiger partial charge on any atom is 0.251 e. The van der Waals surface area contributed by atoms with Crippen molar-refractivity contribution in [1.82, 2.24) is 14.9 Å². The number of imidazole rings is 1. The van der Waals surface area contributed by atoms with Gasteiger partial charge in [0.05, 0.1) is 17.6 Å². The topological polar surface area (TPSA) is 56.1 Å². The summed E-state index contributed by atoms with van der Waals surface area (Å²) in [6.07, 6.45) is 1.69. The second kappa shape index (κ2) is 11.0. The maximum absolute atomic E-state index is 13.1. The summed E-state index contributed by atoms with van der Waals surface area (Å²) in [5, 5.41) is 2.89. The van der Waals surface area contributed by atoms with Crippen LogP contribution in [-0.4, -0.2) is 28.6 Å². The number of aromatic nitrogens is 2. The summed E-state index contributed by atoms with van der Waals surface area (Å²) in [5.74, 6) is 1.68. The van der Waals surface area contributed by atoms with Crippen molar-refractivity contribution in [1.29, 1.82) is 0 Å². The third-order valence-corrected chi connectivity index (χ3v) is 6.12. The Labute approximate surface area is 199 Å². The van der Waals surface area contributed by atoms with E-state index in [0.717, 1.165) is 29.0 Å². The number of hydrogen-bond acceptors (Lipinski definition) is 3. The van der Waals surface area contributed by atoms with Gasteiger partial charge in [0.2, 0.25) is 0 Å². The lowest BCUT2D eigenvalue weighted by Gasteiger charge is -2.13. The number of rotatable bonds is 10. The van der Waals surface area contributed by atoms with E-state index in [2.05, 4.69) is 35.9 Å². The van der Waals surface area contributed by atoms with E-state index in [9.17, 15) is 9.18 Å². The van der Waals surface area contributed by atoms with Gasteiger partial charge in [-0.15, -0.1) is 0 Å². The number of carbonyl (C=O) groups excluding carboxylic acids is 1. The Bertz CT molecular complexity index is 1230. The number of carbonyl (C=O) groups is 1. The van der Waals surface area contributed by atoms with Crippen molar-refractivity contribution < 1.29 is 13.9 Å². The van der Waals surface area contributed by atoms with E-state index in [4.69, 9.17) is 9.72 Å². The van der Waals surface area contributed by atoms with Gasteiger partial charge in [0.15, 0.2) is 0 Å². The minimum absolute atomic E-state index is 0.230. The monoisotopic (exact) mass is 459 g/mol. The molecule has 5 nitrogen and oxygen atoms in total. The maximum atomic E-state index is 13.1. The first-order chi connectivity index (χ1) is 16.5. The highest BCUT2D eigenvalue weighted by Crippen LogP contribution is 2.22. The molecule has 1 amide bonds. The van der Waals surface area contributed by atoms with Gasteiger partial charge < -0.3 is 14.6 Å². The zero-order valence-electron chi connectivity index (χ0n) is 19.6. The summed E-state index contributed by atoms with van der Waals surface area (Å²) in [4.78, 5) is 17.1. The fraction of sp³-hybridized carbons (Fsp3) is 0.286. The number of nitrogens with zero attached hydrogens (tertiary/aromatic N) is 2. The van der Waals surface area contributed by atoms with E-state index < -0.39 is 0 Å². The lowest BCUT2D eigenvalue weighted by Crippen LogP contribution is -2.26. The van der Waals surface area contributed by atoms with Gasteiger partial charge in [0, 0.05) is 18.5 Å². The Kier molecular flexibility index (Phi) is 7.58. The van der Waals surface area contributed by atoms with E-state index in [-0.39, 0.29) is 11.7 Å². The molecule has 0 aliphatic heterocycles. The van der Waals surface area contributed by atoms with E-state index in [1.807, 2.05) is 36.4 Å². The molecule has 0 saturated carbocycles. The van der Waals surface area contributed by atoms with Crippen LogP contribution >= 0.6 is 0 Å². The summed E-state index contributed by atoms with van der Waals surface area (Å²) in [5.41, 5.74) is 3.71. The molecule has 6 heteroatoms. The van der Waals surface area contributed by atoms with Crippen molar-refractivity contribution in [3.63, 3.8) is 0 Å². The van der Waals surface area contributed by atoms with Crippen LogP contribution in [0.2, 0.25) is 0 Å². The normalized spacial score (nSPS) is 12.0. The largest absolute Gasteiger partial charge is 0.492 e. The molecule has 0 spiro atoms. The van der Waals surface area contributed by atoms with Gasteiger partial charge in [0.25, 0.3) is 5.91 Å². The van der Waals surface area contributed by atoms with Crippen LogP contribution in [0.3, 0.4) is 0 Å². The zero-order chi connectivity index (χ0) is 23.9. The fourth-order valence-electron chi connectivity index (χ4n) is 3.94. The number of hydrogen-bond donors (Lipinski definition) is 1. The summed E-state index contributed by atoms with van der Waals surface area (Å²) in [7, 11) is 0. The minimum atomic E-state index is -0.362. The molecule has 4 aromatic rings. The molecule has 0 bridgehead atoms. The molecule has 0 radical (unpaired) electrons. The van der Waals surface area contributed by atoms with Gasteiger partial charge in [-0.05, 0) is 66.4 Å². The highest BCUT2D eigenvalue weighted by Gasteiger charge is 2.12. The molecule has 4 rings (SSSR count). The Hall–Kier alpha value is -3.67. The van der Waals surface area contributed by atoms with Crippen LogP contribution in [0.25, 0.3) is 11.0 Å². The predicted octanol–water partition coefficient (Wildman–Crippen LogP) is 5.74. The van der Waals surface area contributed by atoms with Gasteiger partial charge in [-0.2, -0.15) is 0 Å². The third kappa shape index (κ3) is 5.63. The fourth-order valence-corrected chi connectivity index (χ4v) is 3.94. The number of para-hydroxylation sites is 2. The summed E-state index contributed by atoms with van der Waals surface area (Å²) in [6.45, 7) is 6.00. The molecule has 0 fully saturated rings. The van der Waals surface area contributed by atoms with Crippen molar-refractivity contribution in [2.75, 3.05) is 13.2 Å². The molecule has 1 unspecified atom stereocenters. The van der Waals surface area contributed by atoms with Crippen LogP contribution in [-0.2, 0) is 13.0 Å². The predicted molar refractivity (Wildman–Crippen MR) is 133 cm³/mol. The average molecular weight is 460 g/mol. The number of nitrogens with one attached hydrogen (secondary N) is 1. The molecule has 176 valence electrons. The molecule has 1 heterocycles. The molecule has 0 aliphatic carbocycles. The van der Waals surface area contributed by atoms with Gasteiger partial charge in [0.1, 0.15) is 24.0 Å². The number of ether oxygens (including phenoxy) is 1. The van der Waals surface area contributed by atoms with Gasteiger partial charge in [-0.25, -0.2) is 9.37 Å². The number of amides is 1. The van der Waals surface area contributed by atoms with E-state index in [1.165, 1.54) is 29.8 Å². The van der Waals surface area contributed by atoms with Crippen LogP contribution in [0, 0.1) is 5.82 Å². The Balaban J connectivity index is 1.38. The summed E-state index contributed by atoms with van der Waals surface area (Å²) in [6, 6.07) is 21.8. The van der Waals surface area contributed by atoms with Gasteiger partial charge >= 0.3 is 0 Å². The lowest BCUT2D eigenvalue weighted by molar-refractivity contribution is 0.0954. The molecule has 1 atom stereocenters. The van der Waals surface area contributed by atoms with Crippen LogP contribution in [0.5, 0.6) is 5.75 Å². The van der Waals surface area contributed by atoms with Crippen molar-refractivity contribution in [3.8, 4) is 5.75 Å². The van der Waals surface area contributed by atoms with Crippen LogP contribution < -0.4 is 10.1 Å². The van der Waals surface area contributed by atoms with Crippen LogP contribution in [0.4, 0.5) is 4.39 Å². The summed E-state index contributed by atoms with van der Waals surface area (Å²) >= 11 is 0. The standard InChI is InChI=1S/C28H30FN3O2/c1-3-20(2)21-10-14-24(15-11-21)34-19-18-32-26-7-5-4-6-25(26)31-27(32)16-17-30-28(33)22-8-12-23(29)13-9-22/h4-15,20H,3,16-19H2,1-2H3,(H,30,33).